The third kappa shape index (κ3) is 4.25. The van der Waals surface area contributed by atoms with Crippen LogP contribution in [0.4, 0.5) is 10.3 Å². The zero-order valence-electron chi connectivity index (χ0n) is 15.4. The van der Waals surface area contributed by atoms with E-state index in [4.69, 9.17) is 9.47 Å². The van der Waals surface area contributed by atoms with Crippen LogP contribution in [0.2, 0.25) is 0 Å². The van der Waals surface area contributed by atoms with Crippen molar-refractivity contribution in [3.63, 3.8) is 0 Å². The quantitative estimate of drug-likeness (QED) is 0.727. The van der Waals surface area contributed by atoms with Gasteiger partial charge in [-0.05, 0) is 43.7 Å². The Hall–Kier alpha value is -2.12. The molecule has 1 atom stereocenters. The zero-order valence-corrected chi connectivity index (χ0v) is 15.4. The monoisotopic (exact) mass is 372 g/mol. The molecule has 2 aromatic rings. The maximum atomic E-state index is 13.0. The van der Waals surface area contributed by atoms with Crippen LogP contribution in [-0.4, -0.2) is 46.9 Å². The van der Waals surface area contributed by atoms with Crippen molar-refractivity contribution in [2.24, 2.45) is 5.92 Å². The van der Waals surface area contributed by atoms with Gasteiger partial charge in [0.15, 0.2) is 5.82 Å². The van der Waals surface area contributed by atoms with Crippen molar-refractivity contribution in [2.45, 2.75) is 37.9 Å². The molecular formula is C20H25FN4O2. The molecule has 0 aliphatic carbocycles. The molecule has 2 fully saturated rings. The molecule has 2 aliphatic rings. The number of rotatable bonds is 6. The fourth-order valence-electron chi connectivity index (χ4n) is 4.19. The van der Waals surface area contributed by atoms with Gasteiger partial charge in [0.2, 0.25) is 5.95 Å². The number of anilines is 1. The van der Waals surface area contributed by atoms with Gasteiger partial charge >= 0.3 is 0 Å². The smallest absolute Gasteiger partial charge is 0.225 e. The van der Waals surface area contributed by atoms with Crippen LogP contribution in [0.5, 0.6) is 0 Å². The minimum absolute atomic E-state index is 0.0646. The average molecular weight is 372 g/mol. The number of nitrogens with zero attached hydrogens (tertiary/aromatic N) is 4. The van der Waals surface area contributed by atoms with E-state index in [0.717, 1.165) is 57.7 Å². The number of hydrogen-bond donors (Lipinski definition) is 0. The fourth-order valence-corrected chi connectivity index (χ4v) is 4.19. The maximum Gasteiger partial charge on any atom is 0.225 e. The standard InChI is InChI=1S/C20H25FN4O2/c21-17-13-23-19(24-14-17)25-9-6-20(7-10-25)16(5-12-27-20)4-11-26-15-18-3-1-2-8-22-18/h1-3,8,13-14,16H,4-7,9-12,15H2/t16-/m0/s1. The summed E-state index contributed by atoms with van der Waals surface area (Å²) >= 11 is 0. The van der Waals surface area contributed by atoms with Crippen LogP contribution < -0.4 is 4.90 Å². The van der Waals surface area contributed by atoms with Crippen LogP contribution in [0.25, 0.3) is 0 Å². The van der Waals surface area contributed by atoms with Gasteiger partial charge in [0, 0.05) is 32.5 Å². The Kier molecular flexibility index (Phi) is 5.59. The maximum absolute atomic E-state index is 13.0. The largest absolute Gasteiger partial charge is 0.375 e. The molecule has 0 saturated carbocycles. The summed E-state index contributed by atoms with van der Waals surface area (Å²) in [7, 11) is 0. The zero-order chi connectivity index (χ0) is 18.5. The first-order valence-electron chi connectivity index (χ1n) is 9.59. The molecule has 2 aromatic heterocycles. The van der Waals surface area contributed by atoms with E-state index in [-0.39, 0.29) is 5.60 Å². The van der Waals surface area contributed by atoms with Crippen molar-refractivity contribution >= 4 is 5.95 Å². The molecule has 7 heteroatoms. The number of halogens is 1. The van der Waals surface area contributed by atoms with E-state index in [0.29, 0.717) is 18.5 Å². The molecule has 2 aliphatic heterocycles. The Balaban J connectivity index is 1.27. The van der Waals surface area contributed by atoms with E-state index in [9.17, 15) is 4.39 Å². The van der Waals surface area contributed by atoms with Crippen molar-refractivity contribution in [2.75, 3.05) is 31.2 Å². The van der Waals surface area contributed by atoms with Crippen LogP contribution in [0.15, 0.2) is 36.8 Å². The molecule has 27 heavy (non-hydrogen) atoms. The molecule has 2 saturated heterocycles. The number of piperidine rings is 1. The summed E-state index contributed by atoms with van der Waals surface area (Å²) in [6.45, 7) is 3.75. The Labute approximate surface area is 158 Å². The summed E-state index contributed by atoms with van der Waals surface area (Å²) in [6, 6.07) is 5.87. The van der Waals surface area contributed by atoms with E-state index in [1.165, 1.54) is 12.4 Å². The van der Waals surface area contributed by atoms with Gasteiger partial charge in [-0.15, -0.1) is 0 Å². The summed E-state index contributed by atoms with van der Waals surface area (Å²) in [4.78, 5) is 14.6. The van der Waals surface area contributed by atoms with Crippen LogP contribution in [0.3, 0.4) is 0 Å². The van der Waals surface area contributed by atoms with Crippen LogP contribution in [-0.2, 0) is 16.1 Å². The summed E-state index contributed by atoms with van der Waals surface area (Å²) in [5.74, 6) is 0.703. The van der Waals surface area contributed by atoms with Gasteiger partial charge in [-0.3, -0.25) is 4.98 Å². The molecular weight excluding hydrogens is 347 g/mol. The summed E-state index contributed by atoms with van der Waals surface area (Å²) in [6.07, 6.45) is 8.20. The average Bonchev–Trinajstić information content (AvgIpc) is 3.09. The number of pyridine rings is 1. The second-order valence-corrected chi connectivity index (χ2v) is 7.25. The highest BCUT2D eigenvalue weighted by molar-refractivity contribution is 5.30. The SMILES string of the molecule is Fc1cnc(N2CCC3(CC2)OCC[C@@H]3CCOCc2ccccn2)nc1. The molecule has 0 bridgehead atoms. The Bertz CT molecular complexity index is 721. The molecule has 0 unspecified atom stereocenters. The van der Waals surface area contributed by atoms with Crippen molar-refractivity contribution in [3.05, 3.63) is 48.3 Å². The van der Waals surface area contributed by atoms with E-state index in [2.05, 4.69) is 19.9 Å². The molecule has 4 rings (SSSR count). The van der Waals surface area contributed by atoms with Crippen molar-refractivity contribution in [1.29, 1.82) is 0 Å². The highest BCUT2D eigenvalue weighted by atomic mass is 19.1. The van der Waals surface area contributed by atoms with E-state index in [1.54, 1.807) is 6.20 Å². The van der Waals surface area contributed by atoms with Gasteiger partial charge in [0.1, 0.15) is 0 Å². The highest BCUT2D eigenvalue weighted by Crippen LogP contribution is 2.42. The third-order valence-electron chi connectivity index (χ3n) is 5.69. The Morgan fingerprint density at radius 2 is 2.00 bits per heavy atom. The lowest BCUT2D eigenvalue weighted by Gasteiger charge is -2.42. The fraction of sp³-hybridized carbons (Fsp3) is 0.550. The number of hydrogen-bond acceptors (Lipinski definition) is 6. The van der Waals surface area contributed by atoms with E-state index >= 15 is 0 Å². The van der Waals surface area contributed by atoms with Crippen LogP contribution in [0.1, 0.15) is 31.4 Å². The van der Waals surface area contributed by atoms with Gasteiger partial charge in [0.25, 0.3) is 0 Å². The van der Waals surface area contributed by atoms with Gasteiger partial charge in [-0.1, -0.05) is 6.07 Å². The molecule has 6 nitrogen and oxygen atoms in total. The van der Waals surface area contributed by atoms with E-state index in [1.807, 2.05) is 18.2 Å². The minimum Gasteiger partial charge on any atom is -0.375 e. The second-order valence-electron chi connectivity index (χ2n) is 7.25. The predicted molar refractivity (Wildman–Crippen MR) is 98.7 cm³/mol. The normalized spacial score (nSPS) is 21.7. The lowest BCUT2D eigenvalue weighted by atomic mass is 9.78. The van der Waals surface area contributed by atoms with Gasteiger partial charge in [-0.25, -0.2) is 14.4 Å². The first-order chi connectivity index (χ1) is 13.3. The summed E-state index contributed by atoms with van der Waals surface area (Å²) in [5.41, 5.74) is 0.896. The second kappa shape index (κ2) is 8.27. The van der Waals surface area contributed by atoms with Gasteiger partial charge < -0.3 is 14.4 Å². The lowest BCUT2D eigenvalue weighted by molar-refractivity contribution is -0.0478. The molecule has 0 N–H and O–H groups in total. The van der Waals surface area contributed by atoms with Crippen molar-refractivity contribution in [3.8, 4) is 0 Å². The van der Waals surface area contributed by atoms with Crippen LogP contribution in [0, 0.1) is 11.7 Å². The molecule has 1 spiro atoms. The number of aromatic nitrogens is 3. The first-order valence-corrected chi connectivity index (χ1v) is 9.59. The molecule has 0 aromatic carbocycles. The molecule has 0 amide bonds. The highest BCUT2D eigenvalue weighted by Gasteiger charge is 2.46. The first kappa shape index (κ1) is 18.3. The topological polar surface area (TPSA) is 60.4 Å². The molecule has 0 radical (unpaired) electrons. The van der Waals surface area contributed by atoms with E-state index < -0.39 is 5.82 Å². The minimum atomic E-state index is -0.405. The third-order valence-corrected chi connectivity index (χ3v) is 5.69. The van der Waals surface area contributed by atoms with Crippen molar-refractivity contribution < 1.29 is 13.9 Å². The van der Waals surface area contributed by atoms with Gasteiger partial charge in [-0.2, -0.15) is 0 Å². The van der Waals surface area contributed by atoms with Crippen molar-refractivity contribution in [1.82, 2.24) is 15.0 Å². The molecule has 4 heterocycles. The molecule has 144 valence electrons. The number of ether oxygens (including phenoxy) is 2. The summed E-state index contributed by atoms with van der Waals surface area (Å²) in [5, 5.41) is 0. The Morgan fingerprint density at radius 3 is 2.74 bits per heavy atom. The lowest BCUT2D eigenvalue weighted by Crippen LogP contribution is -2.48. The van der Waals surface area contributed by atoms with Gasteiger partial charge in [0.05, 0.1) is 30.3 Å². The predicted octanol–water partition coefficient (Wildman–Crippen LogP) is 2.99. The summed E-state index contributed by atoms with van der Waals surface area (Å²) < 4.78 is 25.1. The van der Waals surface area contributed by atoms with Crippen LogP contribution >= 0.6 is 0 Å². The Morgan fingerprint density at radius 1 is 1.19 bits per heavy atom.